The van der Waals surface area contributed by atoms with Crippen LogP contribution >= 0.6 is 0 Å². The van der Waals surface area contributed by atoms with Gasteiger partial charge in [-0.2, -0.15) is 0 Å². The predicted octanol–water partition coefficient (Wildman–Crippen LogP) is 3.15. The maximum absolute atomic E-state index is 13.3. The highest BCUT2D eigenvalue weighted by molar-refractivity contribution is 5.96. The van der Waals surface area contributed by atoms with Gasteiger partial charge in [0.1, 0.15) is 11.6 Å². The van der Waals surface area contributed by atoms with E-state index in [2.05, 4.69) is 4.98 Å². The Labute approximate surface area is 192 Å². The van der Waals surface area contributed by atoms with E-state index in [1.165, 1.54) is 9.47 Å². The highest BCUT2D eigenvalue weighted by atomic mass is 16.5. The molecule has 1 aromatic heterocycles. The number of amides is 1. The van der Waals surface area contributed by atoms with E-state index < -0.39 is 17.2 Å². The SMILES string of the molecule is CCCCn1c(N)c(N(Cc2ccccc2)C(=O)COc2ccc(C)cc2C)c(=O)[nH]c1=O. The van der Waals surface area contributed by atoms with Crippen molar-refractivity contribution in [2.75, 3.05) is 17.2 Å². The topological polar surface area (TPSA) is 110 Å². The number of carbonyl (C=O) groups excluding carboxylic acids is 1. The Morgan fingerprint density at radius 2 is 1.85 bits per heavy atom. The zero-order valence-corrected chi connectivity index (χ0v) is 19.3. The minimum absolute atomic E-state index is 0.0343. The first-order valence-electron chi connectivity index (χ1n) is 11.0. The van der Waals surface area contributed by atoms with E-state index in [4.69, 9.17) is 10.5 Å². The molecule has 0 radical (unpaired) electrons. The Morgan fingerprint density at radius 1 is 1.12 bits per heavy atom. The summed E-state index contributed by atoms with van der Waals surface area (Å²) in [6.07, 6.45) is 1.55. The van der Waals surface area contributed by atoms with Crippen molar-refractivity contribution in [3.8, 4) is 5.75 Å². The summed E-state index contributed by atoms with van der Waals surface area (Å²) in [6.45, 7) is 6.03. The van der Waals surface area contributed by atoms with Crippen LogP contribution in [0.3, 0.4) is 0 Å². The lowest BCUT2D eigenvalue weighted by Gasteiger charge is -2.25. The summed E-state index contributed by atoms with van der Waals surface area (Å²) in [5.74, 6) is 0.105. The van der Waals surface area contributed by atoms with Crippen molar-refractivity contribution >= 4 is 17.4 Å². The molecule has 3 rings (SSSR count). The van der Waals surface area contributed by atoms with E-state index in [1.807, 2.05) is 69.3 Å². The van der Waals surface area contributed by atoms with E-state index in [1.54, 1.807) is 0 Å². The molecule has 0 unspecified atom stereocenters. The second kappa shape index (κ2) is 10.7. The van der Waals surface area contributed by atoms with Gasteiger partial charge in [-0.1, -0.05) is 61.4 Å². The number of anilines is 2. The first-order chi connectivity index (χ1) is 15.8. The second-order valence-electron chi connectivity index (χ2n) is 8.02. The molecule has 0 fully saturated rings. The molecule has 0 atom stereocenters. The number of aromatic nitrogens is 2. The van der Waals surface area contributed by atoms with Crippen molar-refractivity contribution in [2.45, 2.75) is 46.7 Å². The van der Waals surface area contributed by atoms with Crippen LogP contribution in [0, 0.1) is 13.8 Å². The lowest BCUT2D eigenvalue weighted by Crippen LogP contribution is -2.42. The van der Waals surface area contributed by atoms with E-state index >= 15 is 0 Å². The van der Waals surface area contributed by atoms with Crippen LogP contribution in [0.15, 0.2) is 58.1 Å². The zero-order chi connectivity index (χ0) is 24.0. The average molecular weight is 451 g/mol. The first kappa shape index (κ1) is 23.8. The molecule has 1 amide bonds. The normalized spacial score (nSPS) is 10.8. The van der Waals surface area contributed by atoms with E-state index in [0.29, 0.717) is 18.7 Å². The standard InChI is InChI=1S/C25H30N4O4/c1-4-5-13-28-23(26)22(24(31)27-25(28)32)29(15-19-9-7-6-8-10-19)21(30)16-33-20-12-11-17(2)14-18(20)3/h6-12,14H,4-5,13,15-16,26H2,1-3H3,(H,27,31,32). The van der Waals surface area contributed by atoms with Crippen molar-refractivity contribution in [2.24, 2.45) is 0 Å². The molecule has 3 N–H and O–H groups in total. The summed E-state index contributed by atoms with van der Waals surface area (Å²) < 4.78 is 7.08. The molecule has 1 heterocycles. The lowest BCUT2D eigenvalue weighted by atomic mass is 10.1. The summed E-state index contributed by atoms with van der Waals surface area (Å²) in [4.78, 5) is 42.1. The summed E-state index contributed by atoms with van der Waals surface area (Å²) in [7, 11) is 0. The minimum atomic E-state index is -0.707. The van der Waals surface area contributed by atoms with Crippen LogP contribution < -0.4 is 26.6 Å². The number of ether oxygens (including phenoxy) is 1. The number of aryl methyl sites for hydroxylation is 2. The third kappa shape index (κ3) is 5.71. The molecule has 3 aromatic rings. The number of nitrogen functional groups attached to an aromatic ring is 1. The fourth-order valence-electron chi connectivity index (χ4n) is 3.61. The Bertz CT molecular complexity index is 1230. The number of benzene rings is 2. The smallest absolute Gasteiger partial charge is 0.330 e. The molecular formula is C25H30N4O4. The first-order valence-corrected chi connectivity index (χ1v) is 11.0. The number of H-pyrrole nitrogens is 1. The summed E-state index contributed by atoms with van der Waals surface area (Å²) in [5, 5.41) is 0. The molecule has 0 aliphatic heterocycles. The maximum atomic E-state index is 13.3. The number of carbonyl (C=O) groups is 1. The number of unbranched alkanes of at least 4 members (excludes halogenated alkanes) is 1. The minimum Gasteiger partial charge on any atom is -0.483 e. The molecule has 0 aliphatic carbocycles. The molecular weight excluding hydrogens is 420 g/mol. The molecule has 2 aromatic carbocycles. The van der Waals surface area contributed by atoms with Crippen LogP contribution in [0.5, 0.6) is 5.75 Å². The van der Waals surface area contributed by atoms with Gasteiger partial charge in [0.2, 0.25) is 0 Å². The number of nitrogens with one attached hydrogen (secondary N) is 1. The van der Waals surface area contributed by atoms with E-state index in [0.717, 1.165) is 23.1 Å². The van der Waals surface area contributed by atoms with Gasteiger partial charge in [-0.3, -0.25) is 24.0 Å². The largest absolute Gasteiger partial charge is 0.483 e. The monoisotopic (exact) mass is 450 g/mol. The molecule has 0 saturated carbocycles. The molecule has 0 saturated heterocycles. The molecule has 8 heteroatoms. The van der Waals surface area contributed by atoms with Crippen LogP contribution in [0.2, 0.25) is 0 Å². The van der Waals surface area contributed by atoms with E-state index in [-0.39, 0.29) is 24.7 Å². The Balaban J connectivity index is 1.98. The zero-order valence-electron chi connectivity index (χ0n) is 19.3. The fourth-order valence-corrected chi connectivity index (χ4v) is 3.61. The number of nitrogens with two attached hydrogens (primary N) is 1. The van der Waals surface area contributed by atoms with Gasteiger partial charge in [0.25, 0.3) is 11.5 Å². The third-order valence-corrected chi connectivity index (χ3v) is 5.39. The fraction of sp³-hybridized carbons (Fsp3) is 0.320. The van der Waals surface area contributed by atoms with Crippen molar-refractivity contribution in [1.82, 2.24) is 9.55 Å². The molecule has 33 heavy (non-hydrogen) atoms. The van der Waals surface area contributed by atoms with Crippen LogP contribution in [0.4, 0.5) is 11.5 Å². The van der Waals surface area contributed by atoms with Crippen molar-refractivity contribution in [3.05, 3.63) is 86.1 Å². The van der Waals surface area contributed by atoms with Crippen molar-refractivity contribution in [3.63, 3.8) is 0 Å². The van der Waals surface area contributed by atoms with Gasteiger partial charge >= 0.3 is 5.69 Å². The second-order valence-corrected chi connectivity index (χ2v) is 8.02. The van der Waals surface area contributed by atoms with Crippen LogP contribution in [-0.4, -0.2) is 22.1 Å². The molecule has 0 aliphatic rings. The molecule has 174 valence electrons. The van der Waals surface area contributed by atoms with Crippen LogP contribution in [0.1, 0.15) is 36.5 Å². The Kier molecular flexibility index (Phi) is 7.71. The highest BCUT2D eigenvalue weighted by Gasteiger charge is 2.25. The summed E-state index contributed by atoms with van der Waals surface area (Å²) >= 11 is 0. The number of nitrogens with zero attached hydrogens (tertiary/aromatic N) is 2. The van der Waals surface area contributed by atoms with Gasteiger partial charge in [-0.15, -0.1) is 0 Å². The Hall–Kier alpha value is -3.81. The molecule has 0 bridgehead atoms. The lowest BCUT2D eigenvalue weighted by molar-refractivity contribution is -0.120. The van der Waals surface area contributed by atoms with Gasteiger partial charge in [-0.05, 0) is 37.5 Å². The number of hydrogen-bond donors (Lipinski definition) is 2. The van der Waals surface area contributed by atoms with Gasteiger partial charge in [0.05, 0.1) is 6.54 Å². The van der Waals surface area contributed by atoms with Gasteiger partial charge < -0.3 is 10.5 Å². The quantitative estimate of drug-likeness (QED) is 0.520. The van der Waals surface area contributed by atoms with E-state index in [9.17, 15) is 14.4 Å². The highest BCUT2D eigenvalue weighted by Crippen LogP contribution is 2.22. The van der Waals surface area contributed by atoms with Gasteiger partial charge in [-0.25, -0.2) is 4.79 Å². The summed E-state index contributed by atoms with van der Waals surface area (Å²) in [5.41, 5.74) is 7.73. The number of rotatable bonds is 9. The average Bonchev–Trinajstić information content (AvgIpc) is 2.78. The van der Waals surface area contributed by atoms with Crippen molar-refractivity contribution in [1.29, 1.82) is 0 Å². The number of aromatic amines is 1. The molecule has 0 spiro atoms. The Morgan fingerprint density at radius 3 is 2.52 bits per heavy atom. The van der Waals surface area contributed by atoms with Gasteiger partial charge in [0.15, 0.2) is 12.3 Å². The molecule has 8 nitrogen and oxygen atoms in total. The van der Waals surface area contributed by atoms with Crippen LogP contribution in [-0.2, 0) is 17.9 Å². The van der Waals surface area contributed by atoms with Gasteiger partial charge in [0, 0.05) is 6.54 Å². The predicted molar refractivity (Wildman–Crippen MR) is 130 cm³/mol. The number of hydrogen-bond acceptors (Lipinski definition) is 5. The third-order valence-electron chi connectivity index (χ3n) is 5.39. The maximum Gasteiger partial charge on any atom is 0.330 e. The van der Waals surface area contributed by atoms with Crippen molar-refractivity contribution < 1.29 is 9.53 Å². The van der Waals surface area contributed by atoms with Crippen LogP contribution in [0.25, 0.3) is 0 Å². The summed E-state index contributed by atoms with van der Waals surface area (Å²) in [6, 6.07) is 14.9.